The predicted molar refractivity (Wildman–Crippen MR) is 82.7 cm³/mol. The minimum absolute atomic E-state index is 0.234. The molecule has 1 aromatic heterocycles. The third-order valence-corrected chi connectivity index (χ3v) is 3.05. The van der Waals surface area contributed by atoms with Crippen LogP contribution in [0.2, 0.25) is 0 Å². The molecule has 0 fully saturated rings. The molecule has 1 heterocycles. The zero-order chi connectivity index (χ0) is 14.5. The van der Waals surface area contributed by atoms with Crippen molar-refractivity contribution in [2.24, 2.45) is 5.41 Å². The lowest BCUT2D eigenvalue weighted by atomic mass is 9.93. The van der Waals surface area contributed by atoms with E-state index < -0.39 is 0 Å². The van der Waals surface area contributed by atoms with E-state index in [9.17, 15) is 0 Å². The summed E-state index contributed by atoms with van der Waals surface area (Å²) in [5.74, 6) is 1.01. The van der Waals surface area contributed by atoms with E-state index in [0.717, 1.165) is 31.3 Å². The largest absolute Gasteiger partial charge is 0.356 e. The third kappa shape index (κ3) is 5.64. The standard InChI is InChI=1S/C15H30N4/c1-7-8-9-16-14-17-13(2)10-19(14)12-15(3,4)11-18(5)6/h10H,7-9,11-12H2,1-6H3,(H,16,17). The fourth-order valence-electron chi connectivity index (χ4n) is 2.55. The molecule has 1 N–H and O–H groups in total. The molecule has 110 valence electrons. The Bertz CT molecular complexity index is 379. The molecular formula is C15H30N4. The average molecular weight is 266 g/mol. The molecule has 1 rings (SSSR count). The number of hydrogen-bond acceptors (Lipinski definition) is 3. The van der Waals surface area contributed by atoms with Crippen LogP contribution >= 0.6 is 0 Å². The highest BCUT2D eigenvalue weighted by atomic mass is 15.2. The molecule has 0 unspecified atom stereocenters. The van der Waals surface area contributed by atoms with E-state index in [1.807, 2.05) is 0 Å². The second-order valence-electron chi connectivity index (χ2n) is 6.52. The summed E-state index contributed by atoms with van der Waals surface area (Å²) in [5.41, 5.74) is 1.32. The molecule has 4 heteroatoms. The first kappa shape index (κ1) is 16.0. The zero-order valence-corrected chi connectivity index (χ0v) is 13.5. The molecular weight excluding hydrogens is 236 g/mol. The van der Waals surface area contributed by atoms with E-state index >= 15 is 0 Å². The number of anilines is 1. The Morgan fingerprint density at radius 3 is 2.63 bits per heavy atom. The molecule has 0 atom stereocenters. The highest BCUT2D eigenvalue weighted by Crippen LogP contribution is 2.22. The van der Waals surface area contributed by atoms with Gasteiger partial charge >= 0.3 is 0 Å². The van der Waals surface area contributed by atoms with Crippen molar-refractivity contribution < 1.29 is 0 Å². The number of nitrogens with one attached hydrogen (secondary N) is 1. The number of imidazole rings is 1. The SMILES string of the molecule is CCCCNc1nc(C)cn1CC(C)(C)CN(C)C. The van der Waals surface area contributed by atoms with E-state index in [4.69, 9.17) is 0 Å². The van der Waals surface area contributed by atoms with E-state index in [-0.39, 0.29) is 5.41 Å². The van der Waals surface area contributed by atoms with Gasteiger partial charge in [-0.1, -0.05) is 27.2 Å². The van der Waals surface area contributed by atoms with E-state index in [1.54, 1.807) is 0 Å². The van der Waals surface area contributed by atoms with Gasteiger partial charge in [-0.05, 0) is 32.9 Å². The topological polar surface area (TPSA) is 33.1 Å². The normalized spacial score (nSPS) is 12.2. The van der Waals surface area contributed by atoms with E-state index in [1.165, 1.54) is 12.8 Å². The summed E-state index contributed by atoms with van der Waals surface area (Å²) < 4.78 is 2.26. The first-order valence-corrected chi connectivity index (χ1v) is 7.26. The number of rotatable bonds is 8. The van der Waals surface area contributed by atoms with Crippen LogP contribution in [0, 0.1) is 12.3 Å². The number of nitrogens with zero attached hydrogens (tertiary/aromatic N) is 3. The first-order chi connectivity index (χ1) is 8.84. The van der Waals surface area contributed by atoms with Gasteiger partial charge in [-0.2, -0.15) is 0 Å². The first-order valence-electron chi connectivity index (χ1n) is 7.26. The Hall–Kier alpha value is -1.03. The molecule has 0 spiro atoms. The molecule has 4 nitrogen and oxygen atoms in total. The van der Waals surface area contributed by atoms with E-state index in [2.05, 4.69) is 67.8 Å². The molecule has 19 heavy (non-hydrogen) atoms. The molecule has 0 aromatic carbocycles. The van der Waals surface area contributed by atoms with Gasteiger partial charge in [0, 0.05) is 25.8 Å². The Balaban J connectivity index is 2.71. The molecule has 0 amide bonds. The highest BCUT2D eigenvalue weighted by Gasteiger charge is 2.21. The maximum absolute atomic E-state index is 4.58. The van der Waals surface area contributed by atoms with Gasteiger partial charge in [-0.15, -0.1) is 0 Å². The van der Waals surface area contributed by atoms with Crippen LogP contribution in [0.25, 0.3) is 0 Å². The van der Waals surface area contributed by atoms with Crippen molar-refractivity contribution in [3.8, 4) is 0 Å². The average Bonchev–Trinajstić information content (AvgIpc) is 2.56. The van der Waals surface area contributed by atoms with Crippen molar-refractivity contribution in [3.05, 3.63) is 11.9 Å². The lowest BCUT2D eigenvalue weighted by molar-refractivity contribution is 0.212. The van der Waals surface area contributed by atoms with Crippen LogP contribution in [0.3, 0.4) is 0 Å². The fourth-order valence-corrected chi connectivity index (χ4v) is 2.55. The summed E-state index contributed by atoms with van der Waals surface area (Å²) in [4.78, 5) is 6.83. The lowest BCUT2D eigenvalue weighted by Gasteiger charge is -2.29. The smallest absolute Gasteiger partial charge is 0.203 e. The maximum Gasteiger partial charge on any atom is 0.203 e. The number of unbranched alkanes of at least 4 members (excludes halogenated alkanes) is 1. The van der Waals surface area contributed by atoms with Gasteiger partial charge < -0.3 is 14.8 Å². The zero-order valence-electron chi connectivity index (χ0n) is 13.5. The van der Waals surface area contributed by atoms with Crippen molar-refractivity contribution in [2.45, 2.75) is 47.1 Å². The summed E-state index contributed by atoms with van der Waals surface area (Å²) in [6, 6.07) is 0. The number of aromatic nitrogens is 2. The number of hydrogen-bond donors (Lipinski definition) is 1. The van der Waals surface area contributed by atoms with Crippen LogP contribution in [-0.4, -0.2) is 41.6 Å². The Kier molecular flexibility index (Phi) is 5.85. The van der Waals surface area contributed by atoms with Gasteiger partial charge in [0.2, 0.25) is 5.95 Å². The summed E-state index contributed by atoms with van der Waals surface area (Å²) in [7, 11) is 4.25. The molecule has 0 saturated heterocycles. The van der Waals surface area contributed by atoms with E-state index in [0.29, 0.717) is 0 Å². The van der Waals surface area contributed by atoms with Crippen LogP contribution in [0.4, 0.5) is 5.95 Å². The molecule has 0 aliphatic heterocycles. The van der Waals surface area contributed by atoms with Crippen LogP contribution < -0.4 is 5.32 Å². The lowest BCUT2D eigenvalue weighted by Crippen LogP contribution is -2.32. The van der Waals surface area contributed by atoms with Crippen molar-refractivity contribution in [1.82, 2.24) is 14.5 Å². The van der Waals surface area contributed by atoms with Crippen molar-refractivity contribution >= 4 is 5.95 Å². The van der Waals surface area contributed by atoms with Crippen LogP contribution in [-0.2, 0) is 6.54 Å². The molecule has 1 aromatic rings. The van der Waals surface area contributed by atoms with Gasteiger partial charge in [0.05, 0.1) is 5.69 Å². The minimum Gasteiger partial charge on any atom is -0.356 e. The van der Waals surface area contributed by atoms with Crippen LogP contribution in [0.15, 0.2) is 6.20 Å². The predicted octanol–water partition coefficient (Wildman–Crippen LogP) is 2.99. The molecule has 0 aliphatic carbocycles. The summed E-state index contributed by atoms with van der Waals surface area (Å²) in [6.07, 6.45) is 4.54. The van der Waals surface area contributed by atoms with Crippen LogP contribution in [0.5, 0.6) is 0 Å². The Morgan fingerprint density at radius 1 is 1.37 bits per heavy atom. The van der Waals surface area contributed by atoms with Gasteiger partial charge in [-0.3, -0.25) is 0 Å². The Morgan fingerprint density at radius 2 is 2.05 bits per heavy atom. The second kappa shape index (κ2) is 6.94. The third-order valence-electron chi connectivity index (χ3n) is 3.05. The quantitative estimate of drug-likeness (QED) is 0.734. The van der Waals surface area contributed by atoms with Gasteiger partial charge in [0.25, 0.3) is 0 Å². The maximum atomic E-state index is 4.58. The van der Waals surface area contributed by atoms with Gasteiger partial charge in [-0.25, -0.2) is 4.98 Å². The molecule has 0 radical (unpaired) electrons. The highest BCUT2D eigenvalue weighted by molar-refractivity contribution is 5.28. The minimum atomic E-state index is 0.234. The van der Waals surface area contributed by atoms with Crippen molar-refractivity contribution in [2.75, 3.05) is 32.5 Å². The monoisotopic (exact) mass is 266 g/mol. The summed E-state index contributed by atoms with van der Waals surface area (Å²) >= 11 is 0. The summed E-state index contributed by atoms with van der Waals surface area (Å²) in [6.45, 7) is 11.9. The van der Waals surface area contributed by atoms with Crippen molar-refractivity contribution in [1.29, 1.82) is 0 Å². The Labute approximate surface area is 118 Å². The molecule has 0 bridgehead atoms. The van der Waals surface area contributed by atoms with Gasteiger partial charge in [0.15, 0.2) is 0 Å². The number of aryl methyl sites for hydroxylation is 1. The van der Waals surface area contributed by atoms with Crippen molar-refractivity contribution in [3.63, 3.8) is 0 Å². The van der Waals surface area contributed by atoms with Gasteiger partial charge in [0.1, 0.15) is 0 Å². The molecule has 0 saturated carbocycles. The fraction of sp³-hybridized carbons (Fsp3) is 0.800. The van der Waals surface area contributed by atoms with Crippen LogP contribution in [0.1, 0.15) is 39.3 Å². The molecule has 0 aliphatic rings. The second-order valence-corrected chi connectivity index (χ2v) is 6.52. The summed E-state index contributed by atoms with van der Waals surface area (Å²) in [5, 5.41) is 3.45.